The second-order valence-corrected chi connectivity index (χ2v) is 10.4. The van der Waals surface area contributed by atoms with Gasteiger partial charge in [0.1, 0.15) is 24.1 Å². The summed E-state index contributed by atoms with van der Waals surface area (Å²) in [5, 5.41) is 2.61. The molecule has 1 atom stereocenters. The van der Waals surface area contributed by atoms with Crippen LogP contribution in [0.4, 0.5) is 5.69 Å². The van der Waals surface area contributed by atoms with Gasteiger partial charge in [0, 0.05) is 13.6 Å². The fourth-order valence-corrected chi connectivity index (χ4v) is 4.83. The maximum absolute atomic E-state index is 13.5. The van der Waals surface area contributed by atoms with E-state index in [0.717, 1.165) is 16.1 Å². The normalized spacial score (nSPS) is 11.9. The predicted molar refractivity (Wildman–Crippen MR) is 145 cm³/mol. The number of para-hydroxylation sites is 1. The van der Waals surface area contributed by atoms with Crippen molar-refractivity contribution in [1.29, 1.82) is 0 Å². The summed E-state index contributed by atoms with van der Waals surface area (Å²) in [5.74, 6) is 0.433. The molecule has 0 saturated heterocycles. The van der Waals surface area contributed by atoms with E-state index in [1.165, 1.54) is 11.9 Å². The van der Waals surface area contributed by atoms with Crippen molar-refractivity contribution in [2.75, 3.05) is 30.7 Å². The summed E-state index contributed by atoms with van der Waals surface area (Å²) in [6.45, 7) is 1.67. The van der Waals surface area contributed by atoms with Gasteiger partial charge in [0.15, 0.2) is 0 Å². The zero-order valence-electron chi connectivity index (χ0n) is 21.3. The average molecular weight is 524 g/mol. The maximum Gasteiger partial charge on any atom is 0.244 e. The number of amides is 2. The number of likely N-dealkylation sites (N-methyl/N-ethyl adjacent to an activating group) is 1. The zero-order valence-corrected chi connectivity index (χ0v) is 22.1. The summed E-state index contributed by atoms with van der Waals surface area (Å²) in [6, 6.07) is 24.6. The molecule has 37 heavy (non-hydrogen) atoms. The van der Waals surface area contributed by atoms with Crippen molar-refractivity contribution in [3.63, 3.8) is 0 Å². The molecule has 0 spiro atoms. The van der Waals surface area contributed by atoms with Crippen LogP contribution in [0.15, 0.2) is 84.9 Å². The Morgan fingerprint density at radius 3 is 2.00 bits per heavy atom. The number of nitrogens with zero attached hydrogens (tertiary/aromatic N) is 2. The molecule has 9 heteroatoms. The lowest BCUT2D eigenvalue weighted by Crippen LogP contribution is -2.52. The quantitative estimate of drug-likeness (QED) is 0.389. The SMILES string of the molecule is CC[C@@H](C(=O)NC)N(CCc1ccccc1)C(=O)CN(c1ccc(Oc2ccccc2)cc1)S(C)(=O)=O. The first-order valence-electron chi connectivity index (χ1n) is 12.1. The van der Waals surface area contributed by atoms with Crippen molar-refractivity contribution in [2.45, 2.75) is 25.8 Å². The number of sulfonamides is 1. The highest BCUT2D eigenvalue weighted by Gasteiger charge is 2.31. The fourth-order valence-electron chi connectivity index (χ4n) is 3.98. The molecule has 0 aromatic heterocycles. The van der Waals surface area contributed by atoms with Crippen molar-refractivity contribution in [1.82, 2.24) is 10.2 Å². The lowest BCUT2D eigenvalue weighted by atomic mass is 10.1. The Hall–Kier alpha value is -3.85. The molecule has 0 bridgehead atoms. The highest BCUT2D eigenvalue weighted by Crippen LogP contribution is 2.26. The molecular weight excluding hydrogens is 490 g/mol. The first-order valence-corrected chi connectivity index (χ1v) is 13.9. The second-order valence-electron chi connectivity index (χ2n) is 8.54. The summed E-state index contributed by atoms with van der Waals surface area (Å²) >= 11 is 0. The first-order chi connectivity index (χ1) is 17.7. The number of nitrogens with one attached hydrogen (secondary N) is 1. The fraction of sp³-hybridized carbons (Fsp3) is 0.286. The number of rotatable bonds is 12. The Morgan fingerprint density at radius 1 is 0.892 bits per heavy atom. The number of hydrogen-bond donors (Lipinski definition) is 1. The van der Waals surface area contributed by atoms with Gasteiger partial charge in [-0.1, -0.05) is 55.5 Å². The van der Waals surface area contributed by atoms with Crippen LogP contribution in [0.1, 0.15) is 18.9 Å². The first kappa shape index (κ1) is 27.7. The van der Waals surface area contributed by atoms with Crippen LogP contribution in [0.3, 0.4) is 0 Å². The van der Waals surface area contributed by atoms with Crippen LogP contribution in [0.5, 0.6) is 11.5 Å². The molecule has 0 heterocycles. The summed E-state index contributed by atoms with van der Waals surface area (Å²) in [5.41, 5.74) is 1.34. The Bertz CT molecular complexity index is 1270. The lowest BCUT2D eigenvalue weighted by molar-refractivity contribution is -0.139. The lowest BCUT2D eigenvalue weighted by Gasteiger charge is -2.32. The van der Waals surface area contributed by atoms with E-state index < -0.39 is 28.5 Å². The van der Waals surface area contributed by atoms with Gasteiger partial charge < -0.3 is 15.0 Å². The monoisotopic (exact) mass is 523 g/mol. The highest BCUT2D eigenvalue weighted by molar-refractivity contribution is 7.92. The summed E-state index contributed by atoms with van der Waals surface area (Å²) in [7, 11) is -2.28. The van der Waals surface area contributed by atoms with Gasteiger partial charge in [0.05, 0.1) is 11.9 Å². The summed E-state index contributed by atoms with van der Waals surface area (Å²) in [6.07, 6.45) is 1.98. The number of ether oxygens (including phenoxy) is 1. The molecule has 0 fully saturated rings. The standard InChI is InChI=1S/C28H33N3O5S/c1-4-26(28(33)29-2)30(20-19-22-11-7-5-8-12-22)27(32)21-31(37(3,34)35)23-15-17-25(18-16-23)36-24-13-9-6-10-14-24/h5-18,26H,4,19-21H2,1-3H3,(H,29,33)/t26-/m0/s1. The van der Waals surface area contributed by atoms with E-state index in [-0.39, 0.29) is 12.5 Å². The van der Waals surface area contributed by atoms with Crippen molar-refractivity contribution < 1.29 is 22.7 Å². The van der Waals surface area contributed by atoms with Gasteiger partial charge >= 0.3 is 0 Å². The van der Waals surface area contributed by atoms with Crippen LogP contribution in [0, 0.1) is 0 Å². The molecule has 0 aliphatic heterocycles. The number of carbonyl (C=O) groups is 2. The molecule has 1 N–H and O–H groups in total. The van der Waals surface area contributed by atoms with E-state index in [0.29, 0.717) is 30.0 Å². The van der Waals surface area contributed by atoms with Crippen LogP contribution in [-0.2, 0) is 26.0 Å². The van der Waals surface area contributed by atoms with Gasteiger partial charge in [-0.25, -0.2) is 8.42 Å². The largest absolute Gasteiger partial charge is 0.457 e. The van der Waals surface area contributed by atoms with Crippen LogP contribution in [0.2, 0.25) is 0 Å². The topological polar surface area (TPSA) is 96.0 Å². The number of hydrogen-bond acceptors (Lipinski definition) is 5. The molecule has 0 aliphatic carbocycles. The second kappa shape index (κ2) is 12.9. The molecular formula is C28H33N3O5S. The molecule has 0 unspecified atom stereocenters. The van der Waals surface area contributed by atoms with Crippen molar-refractivity contribution in [2.24, 2.45) is 0 Å². The van der Waals surface area contributed by atoms with Crippen molar-refractivity contribution in [3.05, 3.63) is 90.5 Å². The van der Waals surface area contributed by atoms with Crippen LogP contribution >= 0.6 is 0 Å². The third kappa shape index (κ3) is 7.82. The Kier molecular flexibility index (Phi) is 9.68. The molecule has 8 nitrogen and oxygen atoms in total. The van der Waals surface area contributed by atoms with Gasteiger partial charge in [-0.05, 0) is 54.8 Å². The van der Waals surface area contributed by atoms with Crippen molar-refractivity contribution in [3.8, 4) is 11.5 Å². The Balaban J connectivity index is 1.83. The highest BCUT2D eigenvalue weighted by atomic mass is 32.2. The van der Waals surface area contributed by atoms with Gasteiger partial charge in [-0.2, -0.15) is 0 Å². The number of anilines is 1. The van der Waals surface area contributed by atoms with Crippen LogP contribution < -0.4 is 14.4 Å². The van der Waals surface area contributed by atoms with E-state index in [1.54, 1.807) is 24.3 Å². The summed E-state index contributed by atoms with van der Waals surface area (Å²) < 4.78 is 32.3. The molecule has 2 amide bonds. The predicted octanol–water partition coefficient (Wildman–Crippen LogP) is 3.84. The zero-order chi connectivity index (χ0) is 26.8. The maximum atomic E-state index is 13.5. The van der Waals surface area contributed by atoms with E-state index in [1.807, 2.05) is 67.6 Å². The molecule has 3 aromatic carbocycles. The Morgan fingerprint density at radius 2 is 1.46 bits per heavy atom. The Labute approximate surface area is 218 Å². The average Bonchev–Trinajstić information content (AvgIpc) is 2.90. The van der Waals surface area contributed by atoms with E-state index >= 15 is 0 Å². The minimum absolute atomic E-state index is 0.274. The van der Waals surface area contributed by atoms with Crippen molar-refractivity contribution >= 4 is 27.5 Å². The van der Waals surface area contributed by atoms with E-state index in [2.05, 4.69) is 5.32 Å². The summed E-state index contributed by atoms with van der Waals surface area (Å²) in [4.78, 5) is 27.6. The van der Waals surface area contributed by atoms with E-state index in [9.17, 15) is 18.0 Å². The minimum atomic E-state index is -3.80. The van der Waals surface area contributed by atoms with Gasteiger partial charge in [0.2, 0.25) is 21.8 Å². The third-order valence-electron chi connectivity index (χ3n) is 5.90. The molecule has 0 saturated carbocycles. The van der Waals surface area contributed by atoms with Gasteiger partial charge in [-0.15, -0.1) is 0 Å². The molecule has 196 valence electrons. The molecule has 0 aliphatic rings. The smallest absolute Gasteiger partial charge is 0.244 e. The van der Waals surface area contributed by atoms with Gasteiger partial charge in [-0.3, -0.25) is 13.9 Å². The third-order valence-corrected chi connectivity index (χ3v) is 7.04. The van der Waals surface area contributed by atoms with Crippen LogP contribution in [0.25, 0.3) is 0 Å². The van der Waals surface area contributed by atoms with Crippen LogP contribution in [-0.4, -0.2) is 57.6 Å². The van der Waals surface area contributed by atoms with E-state index in [4.69, 9.17) is 4.74 Å². The molecule has 3 rings (SSSR count). The minimum Gasteiger partial charge on any atom is -0.457 e. The van der Waals surface area contributed by atoms with Gasteiger partial charge in [0.25, 0.3) is 0 Å². The number of benzene rings is 3. The molecule has 3 aromatic rings. The molecule has 0 radical (unpaired) electrons. The number of carbonyl (C=O) groups excluding carboxylic acids is 2.